The van der Waals surface area contributed by atoms with E-state index in [-0.39, 0.29) is 0 Å². The molecule has 2 atom stereocenters. The van der Waals surface area contributed by atoms with Crippen LogP contribution in [0.1, 0.15) is 26.2 Å². The summed E-state index contributed by atoms with van der Waals surface area (Å²) in [6, 6.07) is -1.79. The number of carboxylic acid groups (broad SMARTS) is 2. The molecule has 0 fully saturated rings. The van der Waals surface area contributed by atoms with Crippen molar-refractivity contribution in [2.75, 3.05) is 6.61 Å². The Morgan fingerprint density at radius 2 is 1.56 bits per heavy atom. The van der Waals surface area contributed by atoms with Gasteiger partial charge in [0.1, 0.15) is 12.1 Å². The first-order valence-electron chi connectivity index (χ1n) is 4.94. The summed E-state index contributed by atoms with van der Waals surface area (Å²) in [5, 5.41) is 24.2. The van der Waals surface area contributed by atoms with Gasteiger partial charge in [0.15, 0.2) is 0 Å². The van der Waals surface area contributed by atoms with Crippen LogP contribution in [-0.2, 0) is 9.59 Å². The number of rotatable bonds is 6. The molecule has 0 aromatic rings. The van der Waals surface area contributed by atoms with Gasteiger partial charge in [-0.1, -0.05) is 19.8 Å². The average Bonchev–Trinajstić information content (AvgIpc) is 2.25. The number of carbonyl (C=O) groups is 2. The van der Waals surface area contributed by atoms with Gasteiger partial charge in [0, 0.05) is 0 Å². The maximum atomic E-state index is 10.1. The molecular formula is C9H20N2O5. The van der Waals surface area contributed by atoms with Gasteiger partial charge in [-0.05, 0) is 6.42 Å². The highest BCUT2D eigenvalue weighted by Crippen LogP contribution is 1.96. The lowest BCUT2D eigenvalue weighted by Gasteiger charge is -2.02. The Labute approximate surface area is 94.1 Å². The molecule has 0 aliphatic heterocycles. The summed E-state index contributed by atoms with van der Waals surface area (Å²) in [5.41, 5.74) is 9.97. The van der Waals surface area contributed by atoms with Crippen LogP contribution in [0.5, 0.6) is 0 Å². The van der Waals surface area contributed by atoms with Crippen molar-refractivity contribution in [1.29, 1.82) is 0 Å². The molecule has 7 nitrogen and oxygen atoms in total. The van der Waals surface area contributed by atoms with Crippen molar-refractivity contribution >= 4 is 11.9 Å². The first kappa shape index (κ1) is 17.2. The molecule has 0 rings (SSSR count). The summed E-state index contributed by atoms with van der Waals surface area (Å²) in [6.07, 6.45) is 2.49. The molecule has 0 radical (unpaired) electrons. The monoisotopic (exact) mass is 236 g/mol. The van der Waals surface area contributed by atoms with Crippen LogP contribution in [0.25, 0.3) is 0 Å². The number of unbranched alkanes of at least 4 members (excludes halogenated alkanes) is 1. The molecule has 7 N–H and O–H groups in total. The highest BCUT2D eigenvalue weighted by Gasteiger charge is 2.08. The molecule has 0 unspecified atom stereocenters. The summed E-state index contributed by atoms with van der Waals surface area (Å²) >= 11 is 0. The van der Waals surface area contributed by atoms with Gasteiger partial charge >= 0.3 is 11.9 Å². The van der Waals surface area contributed by atoms with E-state index in [0.29, 0.717) is 6.42 Å². The topological polar surface area (TPSA) is 147 Å². The van der Waals surface area contributed by atoms with Gasteiger partial charge in [0.2, 0.25) is 0 Å². The third-order valence-corrected chi connectivity index (χ3v) is 1.70. The molecule has 0 aliphatic rings. The summed E-state index contributed by atoms with van der Waals surface area (Å²) in [4.78, 5) is 19.7. The largest absolute Gasteiger partial charge is 0.480 e. The van der Waals surface area contributed by atoms with Crippen LogP contribution in [0.3, 0.4) is 0 Å². The fourth-order valence-electron chi connectivity index (χ4n) is 0.626. The Kier molecular flexibility index (Phi) is 11.1. The summed E-state index contributed by atoms with van der Waals surface area (Å²) in [6.45, 7) is 1.50. The van der Waals surface area contributed by atoms with Crippen molar-refractivity contribution in [1.82, 2.24) is 0 Å². The van der Waals surface area contributed by atoms with E-state index in [1.165, 1.54) is 0 Å². The molecule has 0 bridgehead atoms. The molecule has 0 aromatic carbocycles. The Morgan fingerprint density at radius 3 is 1.75 bits per heavy atom. The molecule has 0 aromatic heterocycles. The Balaban J connectivity index is 0. The maximum Gasteiger partial charge on any atom is 0.322 e. The highest BCUT2D eigenvalue weighted by molar-refractivity contribution is 5.73. The molecule has 7 heteroatoms. The van der Waals surface area contributed by atoms with Gasteiger partial charge in [-0.2, -0.15) is 0 Å². The van der Waals surface area contributed by atoms with Crippen LogP contribution < -0.4 is 11.5 Å². The van der Waals surface area contributed by atoms with Crippen molar-refractivity contribution in [3.8, 4) is 0 Å². The van der Waals surface area contributed by atoms with Crippen LogP contribution in [0.4, 0.5) is 0 Å². The lowest BCUT2D eigenvalue weighted by atomic mass is 10.1. The van der Waals surface area contributed by atoms with Gasteiger partial charge in [-0.3, -0.25) is 9.59 Å². The van der Waals surface area contributed by atoms with E-state index in [1.54, 1.807) is 0 Å². The second kappa shape index (κ2) is 10.3. The van der Waals surface area contributed by atoms with Crippen molar-refractivity contribution in [2.45, 2.75) is 38.3 Å². The molecule has 0 saturated heterocycles. The second-order valence-corrected chi connectivity index (χ2v) is 3.21. The van der Waals surface area contributed by atoms with Crippen LogP contribution in [-0.4, -0.2) is 45.9 Å². The SMILES string of the molecule is CCCC[C@H](N)C(=O)O.N[C@@H](CO)C(=O)O. The van der Waals surface area contributed by atoms with Crippen LogP contribution in [0.15, 0.2) is 0 Å². The molecule has 96 valence electrons. The molecule has 16 heavy (non-hydrogen) atoms. The van der Waals surface area contributed by atoms with E-state index in [9.17, 15) is 9.59 Å². The van der Waals surface area contributed by atoms with E-state index in [4.69, 9.17) is 26.8 Å². The summed E-state index contributed by atoms with van der Waals surface area (Å²) < 4.78 is 0. The predicted octanol–water partition coefficient (Wildman–Crippen LogP) is -1.02. The number of aliphatic hydroxyl groups excluding tert-OH is 1. The second-order valence-electron chi connectivity index (χ2n) is 3.21. The normalized spacial score (nSPS) is 13.2. The molecule has 0 heterocycles. The van der Waals surface area contributed by atoms with E-state index in [1.807, 2.05) is 6.92 Å². The zero-order chi connectivity index (χ0) is 13.1. The zero-order valence-electron chi connectivity index (χ0n) is 9.30. The van der Waals surface area contributed by atoms with E-state index in [2.05, 4.69) is 0 Å². The molecule has 0 aliphatic carbocycles. The lowest BCUT2D eigenvalue weighted by Crippen LogP contribution is -2.33. The van der Waals surface area contributed by atoms with Crippen molar-refractivity contribution in [3.63, 3.8) is 0 Å². The Hall–Kier alpha value is -1.18. The Morgan fingerprint density at radius 1 is 1.12 bits per heavy atom. The zero-order valence-corrected chi connectivity index (χ0v) is 9.30. The number of aliphatic carboxylic acids is 2. The van der Waals surface area contributed by atoms with Gasteiger partial charge in [-0.15, -0.1) is 0 Å². The quantitative estimate of drug-likeness (QED) is 0.396. The first-order valence-corrected chi connectivity index (χ1v) is 4.94. The van der Waals surface area contributed by atoms with Crippen molar-refractivity contribution in [2.24, 2.45) is 11.5 Å². The van der Waals surface area contributed by atoms with Crippen molar-refractivity contribution < 1.29 is 24.9 Å². The molecular weight excluding hydrogens is 216 g/mol. The van der Waals surface area contributed by atoms with Gasteiger partial charge < -0.3 is 26.8 Å². The molecule has 0 amide bonds. The number of aliphatic hydroxyl groups is 1. The van der Waals surface area contributed by atoms with Crippen LogP contribution in [0, 0.1) is 0 Å². The Bertz CT molecular complexity index is 210. The predicted molar refractivity (Wildman–Crippen MR) is 57.8 cm³/mol. The number of hydrogen-bond acceptors (Lipinski definition) is 5. The van der Waals surface area contributed by atoms with Crippen molar-refractivity contribution in [3.05, 3.63) is 0 Å². The first-order chi connectivity index (χ1) is 7.36. The molecule has 0 spiro atoms. The standard InChI is InChI=1S/C6H13NO2.C3H7NO3/c1-2-3-4-5(7)6(8)9;4-2(1-5)3(6)7/h5H,2-4,7H2,1H3,(H,8,9);2,5H,1,4H2,(H,6,7)/t5-;2-/m00/s1. The summed E-state index contributed by atoms with van der Waals surface area (Å²) in [5.74, 6) is -2.08. The van der Waals surface area contributed by atoms with Crippen LogP contribution >= 0.6 is 0 Å². The summed E-state index contributed by atoms with van der Waals surface area (Å²) in [7, 11) is 0. The van der Waals surface area contributed by atoms with E-state index in [0.717, 1.165) is 12.8 Å². The smallest absolute Gasteiger partial charge is 0.322 e. The molecule has 0 saturated carbocycles. The fourth-order valence-corrected chi connectivity index (χ4v) is 0.626. The lowest BCUT2D eigenvalue weighted by molar-refractivity contribution is -0.140. The van der Waals surface area contributed by atoms with E-state index < -0.39 is 30.6 Å². The average molecular weight is 236 g/mol. The fraction of sp³-hybridized carbons (Fsp3) is 0.778. The van der Waals surface area contributed by atoms with Gasteiger partial charge in [-0.25, -0.2) is 0 Å². The minimum absolute atomic E-state index is 0.505. The highest BCUT2D eigenvalue weighted by atomic mass is 16.4. The number of nitrogens with two attached hydrogens (primary N) is 2. The number of hydrogen-bond donors (Lipinski definition) is 5. The third kappa shape index (κ3) is 10.9. The van der Waals surface area contributed by atoms with Gasteiger partial charge in [0.05, 0.1) is 6.61 Å². The van der Waals surface area contributed by atoms with Gasteiger partial charge in [0.25, 0.3) is 0 Å². The van der Waals surface area contributed by atoms with E-state index >= 15 is 0 Å². The third-order valence-electron chi connectivity index (χ3n) is 1.70. The minimum Gasteiger partial charge on any atom is -0.480 e. The van der Waals surface area contributed by atoms with Crippen LogP contribution in [0.2, 0.25) is 0 Å². The number of carboxylic acids is 2. The maximum absolute atomic E-state index is 10.1. The minimum atomic E-state index is -1.18.